The molecule has 0 saturated carbocycles. The lowest BCUT2D eigenvalue weighted by molar-refractivity contribution is 0.170. The number of hydrogen-bond acceptors (Lipinski definition) is 3. The molecule has 2 atom stereocenters. The van der Waals surface area contributed by atoms with E-state index >= 15 is 0 Å². The van der Waals surface area contributed by atoms with Crippen LogP contribution in [-0.2, 0) is 6.54 Å². The number of piperazine rings is 1. The topological polar surface area (TPSA) is 18.5 Å². The van der Waals surface area contributed by atoms with Crippen molar-refractivity contribution in [2.45, 2.75) is 32.5 Å². The highest BCUT2D eigenvalue weighted by Gasteiger charge is 2.27. The van der Waals surface area contributed by atoms with Crippen molar-refractivity contribution in [1.82, 2.24) is 10.2 Å². The highest BCUT2D eigenvalue weighted by molar-refractivity contribution is 6.30. The molecular formula is C15H24ClN3. The van der Waals surface area contributed by atoms with Crippen molar-refractivity contribution < 1.29 is 0 Å². The molecule has 2 rings (SSSR count). The van der Waals surface area contributed by atoms with Crippen LogP contribution in [0.1, 0.15) is 19.4 Å². The van der Waals surface area contributed by atoms with E-state index in [1.807, 2.05) is 13.1 Å². The summed E-state index contributed by atoms with van der Waals surface area (Å²) in [5.41, 5.74) is 2.59. The first-order valence-corrected chi connectivity index (χ1v) is 7.30. The summed E-state index contributed by atoms with van der Waals surface area (Å²) in [5, 5.41) is 4.04. The zero-order chi connectivity index (χ0) is 14.0. The smallest absolute Gasteiger partial charge is 0.0413 e. The van der Waals surface area contributed by atoms with E-state index in [0.29, 0.717) is 12.1 Å². The van der Waals surface area contributed by atoms with Gasteiger partial charge in [0.05, 0.1) is 0 Å². The Kier molecular flexibility index (Phi) is 4.71. The third-order valence-corrected chi connectivity index (χ3v) is 4.34. The molecule has 2 unspecified atom stereocenters. The Hall–Kier alpha value is -0.770. The van der Waals surface area contributed by atoms with Gasteiger partial charge in [-0.05, 0) is 51.7 Å². The molecule has 1 aromatic carbocycles. The summed E-state index contributed by atoms with van der Waals surface area (Å²) in [6, 6.07) is 7.36. The lowest BCUT2D eigenvalue weighted by Crippen LogP contribution is -2.55. The minimum absolute atomic E-state index is 0.571. The molecule has 0 bridgehead atoms. The largest absolute Gasteiger partial charge is 0.368 e. The van der Waals surface area contributed by atoms with Crippen molar-refractivity contribution in [3.05, 3.63) is 28.8 Å². The van der Waals surface area contributed by atoms with Crippen LogP contribution < -0.4 is 10.2 Å². The normalized spacial score (nSPS) is 24.8. The Labute approximate surface area is 121 Å². The van der Waals surface area contributed by atoms with Crippen molar-refractivity contribution >= 4 is 17.3 Å². The van der Waals surface area contributed by atoms with Crippen molar-refractivity contribution in [2.24, 2.45) is 0 Å². The van der Waals surface area contributed by atoms with Crippen LogP contribution in [0.2, 0.25) is 5.02 Å². The molecule has 1 fully saturated rings. The molecule has 1 aliphatic heterocycles. The van der Waals surface area contributed by atoms with Gasteiger partial charge in [-0.25, -0.2) is 0 Å². The number of halogens is 1. The molecule has 1 heterocycles. The predicted molar refractivity (Wildman–Crippen MR) is 83.1 cm³/mol. The van der Waals surface area contributed by atoms with Crippen LogP contribution in [0.3, 0.4) is 0 Å². The van der Waals surface area contributed by atoms with Crippen LogP contribution in [-0.4, -0.2) is 44.2 Å². The van der Waals surface area contributed by atoms with Gasteiger partial charge in [0.25, 0.3) is 0 Å². The number of likely N-dealkylation sites (N-methyl/N-ethyl adjacent to an activating group) is 1. The molecule has 1 aliphatic rings. The molecule has 106 valence electrons. The molecule has 0 spiro atoms. The van der Waals surface area contributed by atoms with E-state index in [1.54, 1.807) is 0 Å². The molecule has 0 radical (unpaired) electrons. The number of nitrogens with one attached hydrogen (secondary N) is 1. The SMILES string of the molecule is CNCc1cc(Cl)ccc1N1CC(C)N(C)C(C)C1. The molecule has 4 heteroatoms. The monoisotopic (exact) mass is 281 g/mol. The van der Waals surface area contributed by atoms with Crippen LogP contribution in [0.4, 0.5) is 5.69 Å². The van der Waals surface area contributed by atoms with E-state index in [-0.39, 0.29) is 0 Å². The zero-order valence-electron chi connectivity index (χ0n) is 12.3. The maximum Gasteiger partial charge on any atom is 0.0413 e. The second-order valence-electron chi connectivity index (χ2n) is 5.57. The van der Waals surface area contributed by atoms with Crippen LogP contribution in [0.15, 0.2) is 18.2 Å². The highest BCUT2D eigenvalue weighted by Crippen LogP contribution is 2.27. The summed E-state index contributed by atoms with van der Waals surface area (Å²) in [6.07, 6.45) is 0. The molecule has 1 aromatic rings. The standard InChI is InChI=1S/C15H24ClN3/c1-11-9-19(10-12(2)18(11)4)15-6-5-14(16)7-13(15)8-17-3/h5-7,11-12,17H,8-10H2,1-4H3. The molecule has 0 aliphatic carbocycles. The van der Waals surface area contributed by atoms with Gasteiger partial charge in [0, 0.05) is 42.4 Å². The lowest BCUT2D eigenvalue weighted by atomic mass is 10.1. The fourth-order valence-electron chi connectivity index (χ4n) is 2.80. The second-order valence-corrected chi connectivity index (χ2v) is 6.01. The van der Waals surface area contributed by atoms with Gasteiger partial charge in [-0.15, -0.1) is 0 Å². The second kappa shape index (κ2) is 6.12. The van der Waals surface area contributed by atoms with Crippen LogP contribution >= 0.6 is 11.6 Å². The summed E-state index contributed by atoms with van der Waals surface area (Å²) in [7, 11) is 4.18. The van der Waals surface area contributed by atoms with Crippen molar-refractivity contribution in [1.29, 1.82) is 0 Å². The Morgan fingerprint density at radius 1 is 1.26 bits per heavy atom. The van der Waals surface area contributed by atoms with Gasteiger partial charge in [-0.2, -0.15) is 0 Å². The van der Waals surface area contributed by atoms with Crippen LogP contribution in [0.25, 0.3) is 0 Å². The summed E-state index contributed by atoms with van der Waals surface area (Å²) in [5.74, 6) is 0. The van der Waals surface area contributed by atoms with Crippen molar-refractivity contribution in [3.8, 4) is 0 Å². The maximum absolute atomic E-state index is 6.12. The molecule has 1 saturated heterocycles. The third-order valence-electron chi connectivity index (χ3n) is 4.11. The van der Waals surface area contributed by atoms with Crippen LogP contribution in [0, 0.1) is 0 Å². The average molecular weight is 282 g/mol. The third kappa shape index (κ3) is 3.22. The van der Waals surface area contributed by atoms with Gasteiger partial charge < -0.3 is 10.2 Å². The minimum atomic E-state index is 0.571. The minimum Gasteiger partial charge on any atom is -0.368 e. The van der Waals surface area contributed by atoms with E-state index in [9.17, 15) is 0 Å². The first-order valence-electron chi connectivity index (χ1n) is 6.92. The lowest BCUT2D eigenvalue weighted by Gasteiger charge is -2.44. The quantitative estimate of drug-likeness (QED) is 0.919. The van der Waals surface area contributed by atoms with E-state index in [4.69, 9.17) is 11.6 Å². The van der Waals surface area contributed by atoms with Gasteiger partial charge >= 0.3 is 0 Å². The predicted octanol–water partition coefficient (Wildman–Crippen LogP) is 2.59. The maximum atomic E-state index is 6.12. The zero-order valence-corrected chi connectivity index (χ0v) is 13.0. The number of hydrogen-bond donors (Lipinski definition) is 1. The van der Waals surface area contributed by atoms with Gasteiger partial charge in [-0.3, -0.25) is 4.90 Å². The summed E-state index contributed by atoms with van der Waals surface area (Å²) >= 11 is 6.12. The number of nitrogens with zero attached hydrogens (tertiary/aromatic N) is 2. The highest BCUT2D eigenvalue weighted by atomic mass is 35.5. The summed E-state index contributed by atoms with van der Waals surface area (Å²) in [6.45, 7) is 7.57. The molecule has 0 aromatic heterocycles. The van der Waals surface area contributed by atoms with E-state index in [2.05, 4.69) is 48.1 Å². The molecule has 1 N–H and O–H groups in total. The molecule has 0 amide bonds. The van der Waals surface area contributed by atoms with Gasteiger partial charge in [0.2, 0.25) is 0 Å². The van der Waals surface area contributed by atoms with E-state index < -0.39 is 0 Å². The Balaban J connectivity index is 2.26. The molecule has 3 nitrogen and oxygen atoms in total. The fraction of sp³-hybridized carbons (Fsp3) is 0.600. The summed E-state index contributed by atoms with van der Waals surface area (Å²) < 4.78 is 0. The van der Waals surface area contributed by atoms with Crippen molar-refractivity contribution in [2.75, 3.05) is 32.1 Å². The molecular weight excluding hydrogens is 258 g/mol. The Bertz CT molecular complexity index is 423. The van der Waals surface area contributed by atoms with Gasteiger partial charge in [0.1, 0.15) is 0 Å². The summed E-state index contributed by atoms with van der Waals surface area (Å²) in [4.78, 5) is 4.93. The van der Waals surface area contributed by atoms with Gasteiger partial charge in [0.15, 0.2) is 0 Å². The number of rotatable bonds is 3. The number of anilines is 1. The average Bonchev–Trinajstić information content (AvgIpc) is 2.36. The number of benzene rings is 1. The van der Waals surface area contributed by atoms with Crippen molar-refractivity contribution in [3.63, 3.8) is 0 Å². The Morgan fingerprint density at radius 3 is 2.47 bits per heavy atom. The Morgan fingerprint density at radius 2 is 1.89 bits per heavy atom. The molecule has 19 heavy (non-hydrogen) atoms. The first kappa shape index (κ1) is 14.6. The van der Waals surface area contributed by atoms with Crippen LogP contribution in [0.5, 0.6) is 0 Å². The fourth-order valence-corrected chi connectivity index (χ4v) is 2.99. The van der Waals surface area contributed by atoms with E-state index in [1.165, 1.54) is 11.3 Å². The first-order chi connectivity index (χ1) is 9.02. The van der Waals surface area contributed by atoms with Gasteiger partial charge in [-0.1, -0.05) is 11.6 Å². The van der Waals surface area contributed by atoms with E-state index in [0.717, 1.165) is 24.7 Å².